The molecule has 0 saturated carbocycles. The summed E-state index contributed by atoms with van der Waals surface area (Å²) in [7, 11) is 0. The highest BCUT2D eigenvalue weighted by atomic mass is 32.2. The maximum absolute atomic E-state index is 12.5. The van der Waals surface area contributed by atoms with Gasteiger partial charge < -0.3 is 15.5 Å². The smallest absolute Gasteiger partial charge is 0.235 e. The van der Waals surface area contributed by atoms with E-state index < -0.39 is 0 Å². The van der Waals surface area contributed by atoms with Gasteiger partial charge in [-0.3, -0.25) is 9.59 Å². The predicted octanol–water partition coefficient (Wildman–Crippen LogP) is 1.73. The average molecular weight is 347 g/mol. The van der Waals surface area contributed by atoms with Gasteiger partial charge >= 0.3 is 0 Å². The highest BCUT2D eigenvalue weighted by Gasteiger charge is 2.39. The number of carbonyl (C=O) groups is 2. The van der Waals surface area contributed by atoms with Crippen molar-refractivity contribution in [3.05, 3.63) is 29.8 Å². The van der Waals surface area contributed by atoms with E-state index in [-0.39, 0.29) is 17.1 Å². The van der Waals surface area contributed by atoms with Crippen LogP contribution in [0.3, 0.4) is 0 Å². The molecule has 2 fully saturated rings. The molecule has 3 atom stereocenters. The first-order chi connectivity index (χ1) is 11.5. The second-order valence-corrected chi connectivity index (χ2v) is 8.12. The minimum Gasteiger partial charge on any atom is -0.341 e. The minimum absolute atomic E-state index is 0.0639. The monoisotopic (exact) mass is 347 g/mol. The molecule has 24 heavy (non-hydrogen) atoms. The number of fused-ring (bicyclic) bond motifs is 1. The van der Waals surface area contributed by atoms with Crippen molar-refractivity contribution in [3.63, 3.8) is 0 Å². The molecular weight excluding hydrogens is 322 g/mol. The number of benzene rings is 1. The molecule has 0 aromatic heterocycles. The number of anilines is 1. The summed E-state index contributed by atoms with van der Waals surface area (Å²) in [5, 5.41) is 6.08. The zero-order chi connectivity index (χ0) is 17.1. The van der Waals surface area contributed by atoms with E-state index in [0.717, 1.165) is 37.4 Å². The number of carbonyl (C=O) groups excluding carboxylic acids is 2. The molecule has 0 radical (unpaired) electrons. The molecule has 2 amide bonds. The first kappa shape index (κ1) is 17.3. The van der Waals surface area contributed by atoms with Crippen LogP contribution in [-0.4, -0.2) is 53.9 Å². The van der Waals surface area contributed by atoms with E-state index in [1.807, 2.05) is 43.0 Å². The Bertz CT molecular complexity index is 593. The van der Waals surface area contributed by atoms with Crippen LogP contribution in [-0.2, 0) is 9.59 Å². The van der Waals surface area contributed by atoms with Gasteiger partial charge in [0.25, 0.3) is 0 Å². The molecule has 0 spiro atoms. The third-order valence-corrected chi connectivity index (χ3v) is 5.98. The molecular formula is C18H25N3O2S. The van der Waals surface area contributed by atoms with Crippen LogP contribution in [0.5, 0.6) is 0 Å². The number of thioether (sulfide) groups is 1. The molecule has 1 unspecified atom stereocenters. The van der Waals surface area contributed by atoms with E-state index in [9.17, 15) is 9.59 Å². The summed E-state index contributed by atoms with van der Waals surface area (Å²) in [5.74, 6) is 1.61. The predicted molar refractivity (Wildman–Crippen MR) is 98.2 cm³/mol. The number of rotatable bonds is 5. The molecule has 0 aliphatic carbocycles. The van der Waals surface area contributed by atoms with Gasteiger partial charge in [-0.1, -0.05) is 17.7 Å². The van der Waals surface area contributed by atoms with E-state index >= 15 is 0 Å². The fourth-order valence-corrected chi connectivity index (χ4v) is 4.16. The zero-order valence-electron chi connectivity index (χ0n) is 14.2. The van der Waals surface area contributed by atoms with Crippen molar-refractivity contribution in [2.75, 3.05) is 37.2 Å². The summed E-state index contributed by atoms with van der Waals surface area (Å²) >= 11 is 1.41. The molecule has 130 valence electrons. The maximum Gasteiger partial charge on any atom is 0.235 e. The maximum atomic E-state index is 12.5. The Morgan fingerprint density at radius 3 is 2.50 bits per heavy atom. The molecule has 2 heterocycles. The molecule has 3 rings (SSSR count). The number of hydrogen-bond acceptors (Lipinski definition) is 4. The number of nitrogens with one attached hydrogen (secondary N) is 2. The third kappa shape index (κ3) is 4.11. The Labute approximate surface area is 147 Å². The van der Waals surface area contributed by atoms with Gasteiger partial charge in [0, 0.05) is 31.9 Å². The summed E-state index contributed by atoms with van der Waals surface area (Å²) in [4.78, 5) is 26.6. The molecule has 2 saturated heterocycles. The van der Waals surface area contributed by atoms with Crippen LogP contribution in [0.25, 0.3) is 0 Å². The minimum atomic E-state index is -0.180. The quantitative estimate of drug-likeness (QED) is 0.852. The molecule has 1 aromatic carbocycles. The Kier molecular flexibility index (Phi) is 5.46. The lowest BCUT2D eigenvalue weighted by Gasteiger charge is -2.21. The first-order valence-electron chi connectivity index (χ1n) is 8.50. The van der Waals surface area contributed by atoms with Gasteiger partial charge in [0.05, 0.1) is 11.0 Å². The van der Waals surface area contributed by atoms with Gasteiger partial charge in [-0.2, -0.15) is 0 Å². The van der Waals surface area contributed by atoms with E-state index in [0.29, 0.717) is 17.6 Å². The van der Waals surface area contributed by atoms with E-state index in [4.69, 9.17) is 0 Å². The van der Waals surface area contributed by atoms with Crippen LogP contribution in [0.1, 0.15) is 12.5 Å². The van der Waals surface area contributed by atoms with Crippen LogP contribution in [0.15, 0.2) is 24.3 Å². The van der Waals surface area contributed by atoms with Crippen molar-refractivity contribution < 1.29 is 9.59 Å². The van der Waals surface area contributed by atoms with Gasteiger partial charge in [0.2, 0.25) is 11.8 Å². The Morgan fingerprint density at radius 2 is 1.88 bits per heavy atom. The first-order valence-corrected chi connectivity index (χ1v) is 9.55. The lowest BCUT2D eigenvalue weighted by atomic mass is 10.0. The normalized spacial score (nSPS) is 23.8. The summed E-state index contributed by atoms with van der Waals surface area (Å²) in [5.41, 5.74) is 1.96. The fourth-order valence-electron chi connectivity index (χ4n) is 3.40. The van der Waals surface area contributed by atoms with E-state index in [1.165, 1.54) is 11.8 Å². The molecule has 2 aliphatic rings. The van der Waals surface area contributed by atoms with Gasteiger partial charge in [-0.05, 0) is 37.8 Å². The summed E-state index contributed by atoms with van der Waals surface area (Å²) in [6.07, 6.45) is 0. The highest BCUT2D eigenvalue weighted by molar-refractivity contribution is 8.01. The largest absolute Gasteiger partial charge is 0.341 e. The van der Waals surface area contributed by atoms with Gasteiger partial charge in [0.15, 0.2) is 0 Å². The molecule has 0 bridgehead atoms. The Hall–Kier alpha value is -1.53. The number of likely N-dealkylation sites (tertiary alicyclic amines) is 1. The molecule has 2 N–H and O–H groups in total. The van der Waals surface area contributed by atoms with Crippen molar-refractivity contribution >= 4 is 29.3 Å². The summed E-state index contributed by atoms with van der Waals surface area (Å²) < 4.78 is 0. The topological polar surface area (TPSA) is 61.4 Å². The zero-order valence-corrected chi connectivity index (χ0v) is 15.1. The summed E-state index contributed by atoms with van der Waals surface area (Å²) in [6.45, 7) is 7.67. The lowest BCUT2D eigenvalue weighted by Crippen LogP contribution is -2.37. The standard InChI is InChI=1S/C18H25N3O2S/c1-12-3-5-16(6-4-12)20-17(22)11-24-13(2)18(23)21-9-14-7-19-8-15(14)10-21/h3-6,13-15,19H,7-11H2,1-2H3,(H,20,22)/t13?,14-,15+. The van der Waals surface area contributed by atoms with Crippen LogP contribution in [0, 0.1) is 18.8 Å². The van der Waals surface area contributed by atoms with Crippen LogP contribution in [0.2, 0.25) is 0 Å². The third-order valence-electron chi connectivity index (χ3n) is 4.85. The number of aryl methyl sites for hydroxylation is 1. The van der Waals surface area contributed by atoms with E-state index in [2.05, 4.69) is 10.6 Å². The van der Waals surface area contributed by atoms with Crippen molar-refractivity contribution in [1.29, 1.82) is 0 Å². The van der Waals surface area contributed by atoms with Crippen LogP contribution < -0.4 is 10.6 Å². The number of nitrogens with zero attached hydrogens (tertiary/aromatic N) is 1. The van der Waals surface area contributed by atoms with Crippen molar-refractivity contribution in [3.8, 4) is 0 Å². The fraction of sp³-hybridized carbons (Fsp3) is 0.556. The molecule has 2 aliphatic heterocycles. The molecule has 5 nitrogen and oxygen atoms in total. The Morgan fingerprint density at radius 1 is 1.25 bits per heavy atom. The van der Waals surface area contributed by atoms with Gasteiger partial charge in [-0.15, -0.1) is 11.8 Å². The average Bonchev–Trinajstić information content (AvgIpc) is 3.15. The van der Waals surface area contributed by atoms with Crippen molar-refractivity contribution in [2.24, 2.45) is 11.8 Å². The molecule has 6 heteroatoms. The van der Waals surface area contributed by atoms with E-state index in [1.54, 1.807) is 0 Å². The lowest BCUT2D eigenvalue weighted by molar-refractivity contribution is -0.129. The molecule has 1 aromatic rings. The van der Waals surface area contributed by atoms with Crippen LogP contribution in [0.4, 0.5) is 5.69 Å². The second kappa shape index (κ2) is 7.57. The highest BCUT2D eigenvalue weighted by Crippen LogP contribution is 2.28. The summed E-state index contributed by atoms with van der Waals surface area (Å²) in [6, 6.07) is 7.72. The van der Waals surface area contributed by atoms with Gasteiger partial charge in [-0.25, -0.2) is 0 Å². The van der Waals surface area contributed by atoms with Crippen molar-refractivity contribution in [2.45, 2.75) is 19.1 Å². The second-order valence-electron chi connectivity index (χ2n) is 6.79. The van der Waals surface area contributed by atoms with Crippen LogP contribution >= 0.6 is 11.8 Å². The van der Waals surface area contributed by atoms with Gasteiger partial charge in [0.1, 0.15) is 0 Å². The number of amides is 2. The SMILES string of the molecule is Cc1ccc(NC(=O)CSC(C)C(=O)N2C[C@H]3CNC[C@H]3C2)cc1. The number of hydrogen-bond donors (Lipinski definition) is 2. The van der Waals surface area contributed by atoms with Crippen molar-refractivity contribution in [1.82, 2.24) is 10.2 Å². The Balaban J connectivity index is 1.43.